The van der Waals surface area contributed by atoms with Crippen molar-refractivity contribution < 1.29 is 18.7 Å². The first-order chi connectivity index (χ1) is 13.8. The summed E-state index contributed by atoms with van der Waals surface area (Å²) in [4.78, 5) is 24.6. The van der Waals surface area contributed by atoms with Crippen molar-refractivity contribution in [1.82, 2.24) is 9.78 Å². The molecule has 3 rings (SSSR count). The van der Waals surface area contributed by atoms with Crippen LogP contribution in [0.3, 0.4) is 0 Å². The van der Waals surface area contributed by atoms with Crippen LogP contribution < -0.4 is 5.32 Å². The van der Waals surface area contributed by atoms with Gasteiger partial charge in [0, 0.05) is 0 Å². The van der Waals surface area contributed by atoms with Gasteiger partial charge in [-0.05, 0) is 50.2 Å². The molecule has 3 aromatic rings. The molecular formula is C20H16Cl2FN3O3. The van der Waals surface area contributed by atoms with E-state index in [0.717, 1.165) is 0 Å². The number of hydrogen-bond acceptors (Lipinski definition) is 4. The van der Waals surface area contributed by atoms with Crippen LogP contribution in [0.1, 0.15) is 21.7 Å². The van der Waals surface area contributed by atoms with E-state index in [1.165, 1.54) is 16.8 Å². The number of anilines is 1. The Hall–Kier alpha value is -2.90. The molecule has 150 valence electrons. The number of carbonyl (C=O) groups is 2. The molecule has 0 aliphatic carbocycles. The molecule has 0 bridgehead atoms. The number of esters is 1. The largest absolute Gasteiger partial charge is 0.452 e. The zero-order valence-electron chi connectivity index (χ0n) is 15.5. The fraction of sp³-hybridized carbons (Fsp3) is 0.150. The molecule has 0 unspecified atom stereocenters. The molecule has 2 aromatic carbocycles. The maximum absolute atomic E-state index is 13.1. The third-order valence-corrected chi connectivity index (χ3v) is 4.95. The van der Waals surface area contributed by atoms with E-state index in [9.17, 15) is 14.0 Å². The Morgan fingerprint density at radius 1 is 1.14 bits per heavy atom. The first kappa shape index (κ1) is 20.8. The highest BCUT2D eigenvalue weighted by atomic mass is 35.5. The standard InChI is InChI=1S/C20H16Cl2FN3O3/c1-11-18(12(2)26(25-11)14-8-6-13(23)7-9-14)20(28)29-10-17(27)24-16-5-3-4-15(21)19(16)22/h3-9H,10H2,1-2H3,(H,24,27). The van der Waals surface area contributed by atoms with Gasteiger partial charge >= 0.3 is 5.97 Å². The molecule has 29 heavy (non-hydrogen) atoms. The molecule has 1 amide bonds. The molecule has 0 radical (unpaired) electrons. The van der Waals surface area contributed by atoms with E-state index in [-0.39, 0.29) is 16.4 Å². The topological polar surface area (TPSA) is 73.2 Å². The molecule has 1 heterocycles. The third kappa shape index (κ3) is 4.58. The molecular weight excluding hydrogens is 420 g/mol. The second-order valence-corrected chi connectivity index (χ2v) is 6.94. The third-order valence-electron chi connectivity index (χ3n) is 4.13. The smallest absolute Gasteiger partial charge is 0.342 e. The first-order valence-corrected chi connectivity index (χ1v) is 9.26. The van der Waals surface area contributed by atoms with E-state index in [1.807, 2.05) is 0 Å². The Balaban J connectivity index is 1.70. The molecule has 0 fully saturated rings. The summed E-state index contributed by atoms with van der Waals surface area (Å²) in [6.45, 7) is 2.82. The minimum absolute atomic E-state index is 0.195. The molecule has 0 saturated heterocycles. The summed E-state index contributed by atoms with van der Waals surface area (Å²) >= 11 is 11.9. The molecule has 0 aliphatic heterocycles. The predicted octanol–water partition coefficient (Wildman–Crippen LogP) is 4.73. The first-order valence-electron chi connectivity index (χ1n) is 8.51. The Morgan fingerprint density at radius 3 is 2.52 bits per heavy atom. The number of nitrogens with one attached hydrogen (secondary N) is 1. The molecule has 6 nitrogen and oxygen atoms in total. The van der Waals surface area contributed by atoms with Crippen molar-refractivity contribution in [3.05, 3.63) is 75.3 Å². The number of rotatable bonds is 5. The van der Waals surface area contributed by atoms with Gasteiger partial charge in [0.1, 0.15) is 11.4 Å². The van der Waals surface area contributed by atoms with E-state index < -0.39 is 18.5 Å². The maximum atomic E-state index is 13.1. The van der Waals surface area contributed by atoms with Crippen LogP contribution in [0, 0.1) is 19.7 Å². The molecule has 1 aromatic heterocycles. The fourth-order valence-electron chi connectivity index (χ4n) is 2.76. The van der Waals surface area contributed by atoms with Crippen molar-refractivity contribution in [3.63, 3.8) is 0 Å². The van der Waals surface area contributed by atoms with E-state index in [0.29, 0.717) is 27.8 Å². The van der Waals surface area contributed by atoms with Crippen molar-refractivity contribution in [2.75, 3.05) is 11.9 Å². The van der Waals surface area contributed by atoms with Crippen molar-refractivity contribution in [3.8, 4) is 5.69 Å². The van der Waals surface area contributed by atoms with E-state index in [2.05, 4.69) is 10.4 Å². The molecule has 0 saturated carbocycles. The lowest BCUT2D eigenvalue weighted by molar-refractivity contribution is -0.119. The van der Waals surface area contributed by atoms with Crippen molar-refractivity contribution in [1.29, 1.82) is 0 Å². The highest BCUT2D eigenvalue weighted by molar-refractivity contribution is 6.44. The predicted molar refractivity (Wildman–Crippen MR) is 108 cm³/mol. The average Bonchev–Trinajstić information content (AvgIpc) is 2.98. The lowest BCUT2D eigenvalue weighted by atomic mass is 10.2. The monoisotopic (exact) mass is 435 g/mol. The number of nitrogens with zero attached hydrogens (tertiary/aromatic N) is 2. The summed E-state index contributed by atoms with van der Waals surface area (Å²) < 4.78 is 19.8. The second-order valence-electron chi connectivity index (χ2n) is 6.16. The van der Waals surface area contributed by atoms with Gasteiger partial charge in [-0.3, -0.25) is 4.79 Å². The van der Waals surface area contributed by atoms with Crippen LogP contribution in [0.4, 0.5) is 10.1 Å². The summed E-state index contributed by atoms with van der Waals surface area (Å²) in [5.41, 5.74) is 2.09. The summed E-state index contributed by atoms with van der Waals surface area (Å²) in [7, 11) is 0. The Bertz CT molecular complexity index is 1080. The van der Waals surface area contributed by atoms with Gasteiger partial charge in [-0.1, -0.05) is 29.3 Å². The Morgan fingerprint density at radius 2 is 1.83 bits per heavy atom. The van der Waals surface area contributed by atoms with E-state index in [4.69, 9.17) is 27.9 Å². The van der Waals surface area contributed by atoms with Crippen LogP contribution in [-0.2, 0) is 9.53 Å². The highest BCUT2D eigenvalue weighted by Gasteiger charge is 2.22. The van der Waals surface area contributed by atoms with Gasteiger partial charge in [-0.25, -0.2) is 13.9 Å². The number of aromatic nitrogens is 2. The fourth-order valence-corrected chi connectivity index (χ4v) is 3.11. The lowest BCUT2D eigenvalue weighted by Crippen LogP contribution is -2.21. The van der Waals surface area contributed by atoms with Crippen LogP contribution in [-0.4, -0.2) is 28.3 Å². The van der Waals surface area contributed by atoms with Crippen LogP contribution in [0.2, 0.25) is 10.0 Å². The number of ether oxygens (including phenoxy) is 1. The SMILES string of the molecule is Cc1nn(-c2ccc(F)cc2)c(C)c1C(=O)OCC(=O)Nc1cccc(Cl)c1Cl. The molecule has 0 aliphatic rings. The Kier molecular flexibility index (Phi) is 6.20. The van der Waals surface area contributed by atoms with Crippen molar-refractivity contribution >= 4 is 40.8 Å². The van der Waals surface area contributed by atoms with E-state index in [1.54, 1.807) is 44.2 Å². The number of benzene rings is 2. The van der Waals surface area contributed by atoms with Crippen molar-refractivity contribution in [2.45, 2.75) is 13.8 Å². The van der Waals surface area contributed by atoms with Gasteiger partial charge in [0.25, 0.3) is 5.91 Å². The normalized spacial score (nSPS) is 10.7. The molecule has 0 atom stereocenters. The van der Waals surface area contributed by atoms with Gasteiger partial charge in [-0.2, -0.15) is 5.10 Å². The summed E-state index contributed by atoms with van der Waals surface area (Å²) in [5.74, 6) is -1.63. The van der Waals surface area contributed by atoms with Gasteiger partial charge in [0.05, 0.1) is 32.8 Å². The summed E-state index contributed by atoms with van der Waals surface area (Å²) in [6, 6.07) is 10.5. The van der Waals surface area contributed by atoms with Gasteiger partial charge in [-0.15, -0.1) is 0 Å². The minimum atomic E-state index is -0.694. The van der Waals surface area contributed by atoms with Crippen LogP contribution in [0.5, 0.6) is 0 Å². The van der Waals surface area contributed by atoms with Crippen molar-refractivity contribution in [2.24, 2.45) is 0 Å². The quantitative estimate of drug-likeness (QED) is 0.587. The number of halogens is 3. The minimum Gasteiger partial charge on any atom is -0.452 e. The van der Waals surface area contributed by atoms with Crippen LogP contribution in [0.25, 0.3) is 5.69 Å². The lowest BCUT2D eigenvalue weighted by Gasteiger charge is -2.09. The molecule has 0 spiro atoms. The molecule has 1 N–H and O–H groups in total. The van der Waals surface area contributed by atoms with Crippen LogP contribution in [0.15, 0.2) is 42.5 Å². The number of carbonyl (C=O) groups excluding carboxylic acids is 2. The van der Waals surface area contributed by atoms with Gasteiger partial charge in [0.15, 0.2) is 6.61 Å². The highest BCUT2D eigenvalue weighted by Crippen LogP contribution is 2.29. The Labute approximate surface area is 176 Å². The van der Waals surface area contributed by atoms with Gasteiger partial charge < -0.3 is 10.1 Å². The average molecular weight is 436 g/mol. The zero-order chi connectivity index (χ0) is 21.1. The molecule has 9 heteroatoms. The maximum Gasteiger partial charge on any atom is 0.342 e. The summed E-state index contributed by atoms with van der Waals surface area (Å²) in [5, 5.41) is 7.33. The number of aryl methyl sites for hydroxylation is 1. The second kappa shape index (κ2) is 8.63. The number of hydrogen-bond donors (Lipinski definition) is 1. The number of amides is 1. The van der Waals surface area contributed by atoms with Crippen LogP contribution >= 0.6 is 23.2 Å². The van der Waals surface area contributed by atoms with E-state index >= 15 is 0 Å². The summed E-state index contributed by atoms with van der Waals surface area (Å²) in [6.07, 6.45) is 0. The zero-order valence-corrected chi connectivity index (χ0v) is 17.0. The van der Waals surface area contributed by atoms with Gasteiger partial charge in [0.2, 0.25) is 0 Å².